The first-order chi connectivity index (χ1) is 8.70. The zero-order valence-corrected chi connectivity index (χ0v) is 11.7. The van der Waals surface area contributed by atoms with Crippen LogP contribution < -0.4 is 5.32 Å². The van der Waals surface area contributed by atoms with Gasteiger partial charge < -0.3 is 14.8 Å². The molecule has 6 heteroatoms. The fraction of sp³-hybridized carbons (Fsp3) is 0.615. The second kappa shape index (κ2) is 5.86. The molecule has 0 saturated heterocycles. The second-order valence-corrected chi connectivity index (χ2v) is 5.73. The zero-order chi connectivity index (χ0) is 14.6. The Kier molecular flexibility index (Phi) is 4.69. The van der Waals surface area contributed by atoms with Crippen molar-refractivity contribution in [1.29, 1.82) is 0 Å². The van der Waals surface area contributed by atoms with Gasteiger partial charge >= 0.3 is 5.97 Å². The quantitative estimate of drug-likeness (QED) is 0.852. The molecule has 2 N–H and O–H groups in total. The molecular formula is C13H20N2O4. The van der Waals surface area contributed by atoms with E-state index in [1.807, 2.05) is 20.8 Å². The van der Waals surface area contributed by atoms with Crippen LogP contribution in [0.5, 0.6) is 0 Å². The number of hydrogen-bond donors (Lipinski definition) is 2. The Balaban J connectivity index is 2.67. The lowest BCUT2D eigenvalue weighted by Gasteiger charge is -2.21. The fourth-order valence-electron chi connectivity index (χ4n) is 1.58. The number of nitrogens with zero attached hydrogens (tertiary/aromatic N) is 1. The van der Waals surface area contributed by atoms with E-state index >= 15 is 0 Å². The zero-order valence-electron chi connectivity index (χ0n) is 11.7. The molecule has 19 heavy (non-hydrogen) atoms. The third-order valence-corrected chi connectivity index (χ3v) is 2.74. The van der Waals surface area contributed by atoms with E-state index in [1.165, 1.54) is 0 Å². The van der Waals surface area contributed by atoms with Gasteiger partial charge in [0.1, 0.15) is 6.04 Å². The third kappa shape index (κ3) is 4.73. The summed E-state index contributed by atoms with van der Waals surface area (Å²) in [6.45, 7) is 7.69. The number of carbonyl (C=O) groups excluding carboxylic acids is 1. The number of aliphatic carboxylic acids is 1. The largest absolute Gasteiger partial charge is 0.480 e. The Morgan fingerprint density at radius 1 is 1.47 bits per heavy atom. The molecule has 1 atom stereocenters. The van der Waals surface area contributed by atoms with E-state index in [-0.39, 0.29) is 11.2 Å². The summed E-state index contributed by atoms with van der Waals surface area (Å²) in [5, 5.41) is 11.6. The molecule has 0 aliphatic rings. The first-order valence-electron chi connectivity index (χ1n) is 6.14. The molecule has 1 unspecified atom stereocenters. The predicted molar refractivity (Wildman–Crippen MR) is 68.8 cm³/mol. The van der Waals surface area contributed by atoms with Gasteiger partial charge in [0, 0.05) is 0 Å². The lowest BCUT2D eigenvalue weighted by molar-refractivity contribution is -0.139. The van der Waals surface area contributed by atoms with E-state index in [0.717, 1.165) is 6.39 Å². The lowest BCUT2D eigenvalue weighted by atomic mass is 9.88. The molecule has 1 aromatic rings. The minimum atomic E-state index is -1.05. The molecule has 0 aliphatic carbocycles. The monoisotopic (exact) mass is 268 g/mol. The van der Waals surface area contributed by atoms with Gasteiger partial charge in [-0.3, -0.25) is 4.79 Å². The molecule has 1 aromatic heterocycles. The summed E-state index contributed by atoms with van der Waals surface area (Å²) in [4.78, 5) is 26.8. The highest BCUT2D eigenvalue weighted by Crippen LogP contribution is 2.21. The maximum absolute atomic E-state index is 11.9. The lowest BCUT2D eigenvalue weighted by Crippen LogP contribution is -2.41. The highest BCUT2D eigenvalue weighted by Gasteiger charge is 2.25. The third-order valence-electron chi connectivity index (χ3n) is 2.74. The molecule has 6 nitrogen and oxygen atoms in total. The van der Waals surface area contributed by atoms with Gasteiger partial charge in [-0.1, -0.05) is 20.8 Å². The summed E-state index contributed by atoms with van der Waals surface area (Å²) in [5.41, 5.74) is 0.457. The number of carbonyl (C=O) groups is 2. The minimum absolute atomic E-state index is 0.0145. The molecule has 0 aliphatic heterocycles. The van der Waals surface area contributed by atoms with Crippen molar-refractivity contribution in [2.75, 3.05) is 0 Å². The molecule has 0 saturated carbocycles. The van der Waals surface area contributed by atoms with Crippen molar-refractivity contribution in [2.24, 2.45) is 5.41 Å². The molecule has 0 bridgehead atoms. The topological polar surface area (TPSA) is 92.4 Å². The van der Waals surface area contributed by atoms with Gasteiger partial charge in [-0.05, 0) is 25.2 Å². The first kappa shape index (κ1) is 15.2. The molecule has 0 spiro atoms. The molecular weight excluding hydrogens is 248 g/mol. The molecule has 1 rings (SSSR count). The fourth-order valence-corrected chi connectivity index (χ4v) is 1.58. The van der Waals surface area contributed by atoms with Crippen LogP contribution in [0.3, 0.4) is 0 Å². The predicted octanol–water partition coefficient (Wildman–Crippen LogP) is 1.99. The summed E-state index contributed by atoms with van der Waals surface area (Å²) in [5.74, 6) is -1.53. The van der Waals surface area contributed by atoms with Crippen LogP contribution in [0.1, 0.15) is 49.9 Å². The van der Waals surface area contributed by atoms with Crippen LogP contribution in [0.4, 0.5) is 0 Å². The van der Waals surface area contributed by atoms with Gasteiger partial charge in [0.15, 0.2) is 6.39 Å². The van der Waals surface area contributed by atoms with Crippen molar-refractivity contribution in [3.05, 3.63) is 17.8 Å². The number of carboxylic acids is 1. The summed E-state index contributed by atoms with van der Waals surface area (Å²) in [7, 11) is 0. The van der Waals surface area contributed by atoms with Gasteiger partial charge in [0.05, 0.1) is 5.69 Å². The minimum Gasteiger partial charge on any atom is -0.480 e. The normalized spacial score (nSPS) is 13.1. The van der Waals surface area contributed by atoms with E-state index in [2.05, 4.69) is 10.3 Å². The Labute approximate surface area is 112 Å². The Hall–Kier alpha value is -1.85. The van der Waals surface area contributed by atoms with Crippen LogP contribution in [-0.2, 0) is 4.79 Å². The van der Waals surface area contributed by atoms with Crippen molar-refractivity contribution in [1.82, 2.24) is 10.3 Å². The van der Waals surface area contributed by atoms with Gasteiger partial charge in [-0.2, -0.15) is 0 Å². The average Bonchev–Trinajstić information content (AvgIpc) is 2.68. The van der Waals surface area contributed by atoms with E-state index < -0.39 is 17.9 Å². The van der Waals surface area contributed by atoms with Gasteiger partial charge in [0.2, 0.25) is 5.76 Å². The molecule has 0 aromatic carbocycles. The van der Waals surface area contributed by atoms with Gasteiger partial charge in [-0.15, -0.1) is 0 Å². The summed E-state index contributed by atoms with van der Waals surface area (Å²) < 4.78 is 4.94. The van der Waals surface area contributed by atoms with Gasteiger partial charge in [0.25, 0.3) is 5.91 Å². The van der Waals surface area contributed by atoms with E-state index in [4.69, 9.17) is 9.52 Å². The highest BCUT2D eigenvalue weighted by molar-refractivity contribution is 5.94. The Bertz CT molecular complexity index is 459. The van der Waals surface area contributed by atoms with Crippen molar-refractivity contribution < 1.29 is 19.1 Å². The van der Waals surface area contributed by atoms with Crippen molar-refractivity contribution >= 4 is 11.9 Å². The summed E-state index contributed by atoms with van der Waals surface area (Å²) >= 11 is 0. The van der Waals surface area contributed by atoms with E-state index in [1.54, 1.807) is 6.92 Å². The number of oxazole rings is 1. The van der Waals surface area contributed by atoms with Crippen molar-refractivity contribution in [3.63, 3.8) is 0 Å². The first-order valence-corrected chi connectivity index (χ1v) is 6.14. The summed E-state index contributed by atoms with van der Waals surface area (Å²) in [6, 6.07) is -0.920. The number of nitrogens with one attached hydrogen (secondary N) is 1. The maximum atomic E-state index is 11.9. The number of rotatable bonds is 5. The number of hydrogen-bond acceptors (Lipinski definition) is 4. The standard InChI is InChI=1S/C13H20N2O4/c1-8-10(19-7-14-8)11(16)15-9(12(17)18)5-6-13(2,3)4/h7,9H,5-6H2,1-4H3,(H,15,16)(H,17,18). The molecule has 106 valence electrons. The van der Waals surface area contributed by atoms with Crippen LogP contribution in [0.15, 0.2) is 10.8 Å². The Morgan fingerprint density at radius 3 is 2.53 bits per heavy atom. The number of amides is 1. The Morgan fingerprint density at radius 2 is 2.11 bits per heavy atom. The molecule has 0 radical (unpaired) electrons. The average molecular weight is 268 g/mol. The van der Waals surface area contributed by atoms with Gasteiger partial charge in [-0.25, -0.2) is 9.78 Å². The SMILES string of the molecule is Cc1ncoc1C(=O)NC(CCC(C)(C)C)C(=O)O. The van der Waals surface area contributed by atoms with Crippen LogP contribution in [0.2, 0.25) is 0 Å². The number of aryl methyl sites for hydroxylation is 1. The molecule has 1 amide bonds. The molecule has 0 fully saturated rings. The summed E-state index contributed by atoms with van der Waals surface area (Å²) in [6.07, 6.45) is 2.23. The van der Waals surface area contributed by atoms with Crippen LogP contribution in [0, 0.1) is 12.3 Å². The smallest absolute Gasteiger partial charge is 0.326 e. The number of aromatic nitrogens is 1. The maximum Gasteiger partial charge on any atom is 0.326 e. The molecule has 1 heterocycles. The second-order valence-electron chi connectivity index (χ2n) is 5.73. The van der Waals surface area contributed by atoms with Crippen LogP contribution in [0.25, 0.3) is 0 Å². The van der Waals surface area contributed by atoms with Crippen LogP contribution >= 0.6 is 0 Å². The van der Waals surface area contributed by atoms with E-state index in [0.29, 0.717) is 18.5 Å². The van der Waals surface area contributed by atoms with Crippen LogP contribution in [-0.4, -0.2) is 28.0 Å². The number of carboxylic acid groups (broad SMARTS) is 1. The van der Waals surface area contributed by atoms with Crippen molar-refractivity contribution in [2.45, 2.75) is 46.6 Å². The van der Waals surface area contributed by atoms with E-state index in [9.17, 15) is 9.59 Å². The highest BCUT2D eigenvalue weighted by atomic mass is 16.4. The van der Waals surface area contributed by atoms with Crippen molar-refractivity contribution in [3.8, 4) is 0 Å².